The van der Waals surface area contributed by atoms with Crippen molar-refractivity contribution in [2.45, 2.75) is 50.2 Å². The molecule has 3 atom stereocenters. The number of methoxy groups -OCH3 is 1. The van der Waals surface area contributed by atoms with E-state index in [1.165, 1.54) is 19.3 Å². The average molecular weight is 329 g/mol. The van der Waals surface area contributed by atoms with Gasteiger partial charge >= 0.3 is 6.03 Å². The van der Waals surface area contributed by atoms with Crippen LogP contribution in [-0.2, 0) is 0 Å². The number of anilines is 1. The van der Waals surface area contributed by atoms with Gasteiger partial charge < -0.3 is 15.4 Å². The van der Waals surface area contributed by atoms with Crippen molar-refractivity contribution in [3.63, 3.8) is 0 Å². The summed E-state index contributed by atoms with van der Waals surface area (Å²) in [4.78, 5) is 14.9. The summed E-state index contributed by atoms with van der Waals surface area (Å²) in [5, 5.41) is 6.06. The number of benzene rings is 1. The second-order valence-electron chi connectivity index (χ2n) is 6.72. The van der Waals surface area contributed by atoms with E-state index in [-0.39, 0.29) is 12.1 Å². The number of fused-ring (bicyclic) bond motifs is 2. The van der Waals surface area contributed by atoms with E-state index in [1.54, 1.807) is 7.11 Å². The zero-order chi connectivity index (χ0) is 16.9. The lowest BCUT2D eigenvalue weighted by atomic mass is 9.82. The number of nitrogens with zero attached hydrogens (tertiary/aromatic N) is 1. The third-order valence-corrected chi connectivity index (χ3v) is 5.13. The van der Waals surface area contributed by atoms with Gasteiger partial charge in [0.2, 0.25) is 0 Å². The molecule has 0 aromatic heterocycles. The third-order valence-electron chi connectivity index (χ3n) is 5.13. The van der Waals surface area contributed by atoms with Crippen molar-refractivity contribution in [1.82, 2.24) is 10.2 Å². The van der Waals surface area contributed by atoms with Gasteiger partial charge in [0.15, 0.2) is 0 Å². The van der Waals surface area contributed by atoms with Gasteiger partial charge in [-0.2, -0.15) is 0 Å². The molecule has 1 aromatic carbocycles. The van der Waals surface area contributed by atoms with Crippen molar-refractivity contribution in [3.05, 3.63) is 36.9 Å². The molecule has 1 unspecified atom stereocenters. The molecule has 2 amide bonds. The molecule has 2 saturated heterocycles. The normalized spacial score (nSPS) is 26.5. The van der Waals surface area contributed by atoms with Gasteiger partial charge in [0, 0.05) is 36.4 Å². The number of carbonyl (C=O) groups excluding carboxylic acids is 1. The Morgan fingerprint density at radius 3 is 2.79 bits per heavy atom. The van der Waals surface area contributed by atoms with Crippen LogP contribution in [0.5, 0.6) is 5.75 Å². The van der Waals surface area contributed by atoms with Crippen molar-refractivity contribution >= 4 is 11.7 Å². The van der Waals surface area contributed by atoms with Crippen LogP contribution in [0, 0.1) is 0 Å². The second-order valence-corrected chi connectivity index (χ2v) is 6.72. The van der Waals surface area contributed by atoms with E-state index in [4.69, 9.17) is 4.74 Å². The number of piperidine rings is 2. The van der Waals surface area contributed by atoms with Gasteiger partial charge in [0.05, 0.1) is 7.11 Å². The average Bonchev–Trinajstić information content (AvgIpc) is 2.56. The first-order chi connectivity index (χ1) is 11.7. The highest BCUT2D eigenvalue weighted by Crippen LogP contribution is 2.33. The van der Waals surface area contributed by atoms with Crippen molar-refractivity contribution in [1.29, 1.82) is 0 Å². The summed E-state index contributed by atoms with van der Waals surface area (Å²) >= 11 is 0. The third kappa shape index (κ3) is 3.90. The fraction of sp³-hybridized carbons (Fsp3) is 0.526. The largest absolute Gasteiger partial charge is 0.497 e. The van der Waals surface area contributed by atoms with Crippen LogP contribution in [0.3, 0.4) is 0 Å². The molecule has 2 aliphatic rings. The van der Waals surface area contributed by atoms with Crippen LogP contribution in [0.25, 0.3) is 0 Å². The highest BCUT2D eigenvalue weighted by Gasteiger charge is 2.37. The Bertz CT molecular complexity index is 576. The van der Waals surface area contributed by atoms with Crippen LogP contribution in [-0.4, -0.2) is 42.7 Å². The molecule has 5 nitrogen and oxygen atoms in total. The Balaban J connectivity index is 1.56. The molecule has 3 rings (SSSR count). The Labute approximate surface area is 144 Å². The first kappa shape index (κ1) is 16.8. The van der Waals surface area contributed by atoms with Crippen LogP contribution < -0.4 is 15.4 Å². The maximum Gasteiger partial charge on any atom is 0.319 e. The molecule has 2 bridgehead atoms. The van der Waals surface area contributed by atoms with Crippen molar-refractivity contribution in [2.24, 2.45) is 0 Å². The zero-order valence-corrected chi connectivity index (χ0v) is 14.3. The first-order valence-electron chi connectivity index (χ1n) is 8.78. The summed E-state index contributed by atoms with van der Waals surface area (Å²) in [6.45, 7) is 4.84. The van der Waals surface area contributed by atoms with Crippen molar-refractivity contribution in [2.75, 3.05) is 19.0 Å². The lowest BCUT2D eigenvalue weighted by Gasteiger charge is -2.48. The molecule has 2 heterocycles. The summed E-state index contributed by atoms with van der Waals surface area (Å²) < 4.78 is 5.19. The SMILES string of the molecule is C=CCN1[C@@H]2CCC[C@H]1CC(NC(=O)Nc1cccc(OC)c1)C2. The topological polar surface area (TPSA) is 53.6 Å². The number of nitrogens with one attached hydrogen (secondary N) is 2. The highest BCUT2D eigenvalue weighted by molar-refractivity contribution is 5.89. The Kier molecular flexibility index (Phi) is 5.41. The van der Waals surface area contributed by atoms with E-state index < -0.39 is 0 Å². The number of carbonyl (C=O) groups is 1. The maximum absolute atomic E-state index is 12.3. The molecule has 2 aliphatic heterocycles. The number of ether oxygens (including phenoxy) is 1. The number of hydrogen-bond donors (Lipinski definition) is 2. The summed E-state index contributed by atoms with van der Waals surface area (Å²) in [7, 11) is 1.62. The van der Waals surface area contributed by atoms with Gasteiger partial charge in [0.25, 0.3) is 0 Å². The molecule has 130 valence electrons. The van der Waals surface area contributed by atoms with Crippen LogP contribution in [0.2, 0.25) is 0 Å². The highest BCUT2D eigenvalue weighted by atomic mass is 16.5. The summed E-state index contributed by atoms with van der Waals surface area (Å²) in [5.41, 5.74) is 0.746. The molecule has 24 heavy (non-hydrogen) atoms. The smallest absolute Gasteiger partial charge is 0.319 e. The van der Waals surface area contributed by atoms with Gasteiger partial charge in [-0.1, -0.05) is 18.6 Å². The Morgan fingerprint density at radius 2 is 2.12 bits per heavy atom. The van der Waals surface area contributed by atoms with Crippen molar-refractivity contribution in [3.8, 4) is 5.75 Å². The summed E-state index contributed by atoms with van der Waals surface area (Å²) in [6, 6.07) is 8.65. The lowest BCUT2D eigenvalue weighted by molar-refractivity contribution is 0.0375. The number of hydrogen-bond acceptors (Lipinski definition) is 3. The zero-order valence-electron chi connectivity index (χ0n) is 14.3. The monoisotopic (exact) mass is 329 g/mol. The Morgan fingerprint density at radius 1 is 1.38 bits per heavy atom. The maximum atomic E-state index is 12.3. The molecule has 0 aliphatic carbocycles. The molecule has 5 heteroatoms. The van der Waals surface area contributed by atoms with E-state index in [9.17, 15) is 4.79 Å². The van der Waals surface area contributed by atoms with E-state index >= 15 is 0 Å². The van der Waals surface area contributed by atoms with Gasteiger partial charge in [0.1, 0.15) is 5.75 Å². The number of urea groups is 1. The van der Waals surface area contributed by atoms with Gasteiger partial charge in [-0.05, 0) is 37.8 Å². The second kappa shape index (κ2) is 7.71. The number of amides is 2. The fourth-order valence-electron chi connectivity index (χ4n) is 4.10. The predicted molar refractivity (Wildman–Crippen MR) is 96.5 cm³/mol. The molecule has 0 spiro atoms. The molecular weight excluding hydrogens is 302 g/mol. The quantitative estimate of drug-likeness (QED) is 0.814. The van der Waals surface area contributed by atoms with E-state index in [1.807, 2.05) is 30.3 Å². The predicted octanol–water partition coefficient (Wildman–Crippen LogP) is 3.39. The minimum absolute atomic E-state index is 0.136. The fourth-order valence-corrected chi connectivity index (χ4v) is 4.10. The summed E-state index contributed by atoms with van der Waals surface area (Å²) in [6.07, 6.45) is 7.78. The van der Waals surface area contributed by atoms with Gasteiger partial charge in [-0.25, -0.2) is 4.79 Å². The Hall–Kier alpha value is -2.01. The lowest BCUT2D eigenvalue weighted by Crippen LogP contribution is -2.57. The standard InChI is InChI=1S/C19H27N3O2/c1-3-10-22-16-7-5-8-17(22)12-15(11-16)21-19(23)20-14-6-4-9-18(13-14)24-2/h3-4,6,9,13,15-17H,1,5,7-8,10-12H2,2H3,(H2,20,21,23)/t15?,16-,17+. The van der Waals surface area contributed by atoms with E-state index in [0.29, 0.717) is 12.1 Å². The van der Waals surface area contributed by atoms with E-state index in [0.717, 1.165) is 30.8 Å². The van der Waals surface area contributed by atoms with Crippen molar-refractivity contribution < 1.29 is 9.53 Å². The molecular formula is C19H27N3O2. The summed E-state index contributed by atoms with van der Waals surface area (Å²) in [5.74, 6) is 0.736. The van der Waals surface area contributed by atoms with Gasteiger partial charge in [-0.3, -0.25) is 4.90 Å². The van der Waals surface area contributed by atoms with Crippen LogP contribution in [0.4, 0.5) is 10.5 Å². The molecule has 2 N–H and O–H groups in total. The number of rotatable bonds is 5. The molecule has 0 radical (unpaired) electrons. The molecule has 2 fully saturated rings. The van der Waals surface area contributed by atoms with Gasteiger partial charge in [-0.15, -0.1) is 6.58 Å². The van der Waals surface area contributed by atoms with Crippen LogP contribution in [0.15, 0.2) is 36.9 Å². The molecule has 1 aromatic rings. The first-order valence-corrected chi connectivity index (χ1v) is 8.78. The molecule has 0 saturated carbocycles. The van der Waals surface area contributed by atoms with Crippen LogP contribution in [0.1, 0.15) is 32.1 Å². The van der Waals surface area contributed by atoms with E-state index in [2.05, 4.69) is 22.1 Å². The minimum atomic E-state index is -0.136. The van der Waals surface area contributed by atoms with Crippen LogP contribution >= 0.6 is 0 Å². The minimum Gasteiger partial charge on any atom is -0.497 e.